The molecule has 0 aliphatic carbocycles. The molecule has 0 radical (unpaired) electrons. The first-order valence-electron chi connectivity index (χ1n) is 21.1. The van der Waals surface area contributed by atoms with Gasteiger partial charge in [-0.3, -0.25) is 18.6 Å². The van der Waals surface area contributed by atoms with Crippen molar-refractivity contribution in [2.24, 2.45) is 0 Å². The molecule has 0 aromatic carbocycles. The Labute approximate surface area is 330 Å². The Bertz CT molecular complexity index is 1110. The summed E-state index contributed by atoms with van der Waals surface area (Å²) in [5.74, 6) is -0.849. The van der Waals surface area contributed by atoms with Gasteiger partial charge in [0.15, 0.2) is 6.10 Å². The van der Waals surface area contributed by atoms with Crippen LogP contribution >= 0.6 is 7.82 Å². The van der Waals surface area contributed by atoms with Crippen molar-refractivity contribution >= 4 is 19.8 Å². The third kappa shape index (κ3) is 39.4. The number of esters is 2. The average Bonchev–Trinajstić information content (AvgIpc) is 3.12. The Morgan fingerprint density at radius 2 is 1.07 bits per heavy atom. The molecule has 54 heavy (non-hydrogen) atoms. The number of quaternary nitrogens is 1. The maximum atomic E-state index is 12.7. The smallest absolute Gasteiger partial charge is 0.462 e. The Hall–Kier alpha value is -2.29. The molecule has 0 spiro atoms. The highest BCUT2D eigenvalue weighted by atomic mass is 31.2. The highest BCUT2D eigenvalue weighted by Gasteiger charge is 2.27. The monoisotopic (exact) mass is 781 g/mol. The second-order valence-corrected chi connectivity index (χ2v) is 16.5. The van der Waals surface area contributed by atoms with Gasteiger partial charge in [0.1, 0.15) is 19.8 Å². The quantitative estimate of drug-likeness (QED) is 0.0166. The number of hydrogen-bond donors (Lipinski definition) is 1. The number of carbonyl (C=O) groups excluding carboxylic acids is 2. The number of phosphoric acid groups is 1. The Balaban J connectivity index is 4.46. The summed E-state index contributed by atoms with van der Waals surface area (Å²) in [7, 11) is 1.44. The SMILES string of the molecule is CC/C=C/C=C/C=C/C=C/CCCCCCCC(=O)O[C@H](COC(=O)CCCCC/C=C/CCCCCCCCCC)COP(=O)(O)OCC[N+](C)(C)C. The van der Waals surface area contributed by atoms with Gasteiger partial charge in [-0.15, -0.1) is 0 Å². The fourth-order valence-corrected chi connectivity index (χ4v) is 6.05. The molecule has 1 N–H and O–H groups in total. The van der Waals surface area contributed by atoms with E-state index in [2.05, 4.69) is 44.2 Å². The first kappa shape index (κ1) is 51.7. The van der Waals surface area contributed by atoms with Crippen LogP contribution in [0.25, 0.3) is 0 Å². The van der Waals surface area contributed by atoms with E-state index in [0.29, 0.717) is 23.9 Å². The molecule has 0 rings (SSSR count). The van der Waals surface area contributed by atoms with E-state index in [1.54, 1.807) is 0 Å². The lowest BCUT2D eigenvalue weighted by Gasteiger charge is -2.24. The van der Waals surface area contributed by atoms with Crippen LogP contribution in [0.2, 0.25) is 0 Å². The predicted octanol–water partition coefficient (Wildman–Crippen LogP) is 11.7. The van der Waals surface area contributed by atoms with Crippen molar-refractivity contribution in [3.05, 3.63) is 60.8 Å². The second kappa shape index (κ2) is 36.4. The van der Waals surface area contributed by atoms with Crippen LogP contribution in [-0.2, 0) is 32.7 Å². The summed E-state index contributed by atoms with van der Waals surface area (Å²) >= 11 is 0. The van der Waals surface area contributed by atoms with Gasteiger partial charge in [-0.05, 0) is 57.8 Å². The maximum Gasteiger partial charge on any atom is 0.472 e. The second-order valence-electron chi connectivity index (χ2n) is 15.1. The van der Waals surface area contributed by atoms with Crippen LogP contribution in [0.15, 0.2) is 60.8 Å². The largest absolute Gasteiger partial charge is 0.472 e. The summed E-state index contributed by atoms with van der Waals surface area (Å²) in [5, 5.41) is 0. The summed E-state index contributed by atoms with van der Waals surface area (Å²) in [5.41, 5.74) is 0. The van der Waals surface area contributed by atoms with E-state index in [4.69, 9.17) is 18.5 Å². The van der Waals surface area contributed by atoms with Crippen molar-refractivity contribution in [1.29, 1.82) is 0 Å². The molecule has 0 amide bonds. The molecule has 2 atom stereocenters. The molecule has 10 heteroatoms. The summed E-state index contributed by atoms with van der Waals surface area (Å²) in [6.07, 6.45) is 42.7. The predicted molar refractivity (Wildman–Crippen MR) is 224 cm³/mol. The molecular formula is C44H79NO8P+. The standard InChI is InChI=1S/C44H78NO8P/c1-6-8-10-12-14-16-18-20-22-24-26-28-30-32-34-36-43(46)50-40-42(41-52-54(48,49)51-39-38-45(3,4)5)53-44(47)37-35-33-31-29-27-25-23-21-19-17-15-13-11-9-7-2/h9,11,13,15,17,19,21,23-24,26,42H,6-8,10,12,14,16,18,20,22,25,27-41H2,1-5H3/p+1/b11-9+,15-13+,19-17+,23-21+,26-24+/t42-/m1/s1. The molecule has 0 aromatic rings. The van der Waals surface area contributed by atoms with Crippen molar-refractivity contribution in [3.63, 3.8) is 0 Å². The van der Waals surface area contributed by atoms with Crippen LogP contribution in [0.5, 0.6) is 0 Å². The topological polar surface area (TPSA) is 108 Å². The minimum Gasteiger partial charge on any atom is -0.462 e. The summed E-state index contributed by atoms with van der Waals surface area (Å²) in [4.78, 5) is 35.3. The first-order chi connectivity index (χ1) is 26.0. The van der Waals surface area contributed by atoms with Crippen LogP contribution in [0.3, 0.4) is 0 Å². The maximum absolute atomic E-state index is 12.7. The van der Waals surface area contributed by atoms with Crippen LogP contribution < -0.4 is 0 Å². The zero-order valence-electron chi connectivity index (χ0n) is 34.9. The van der Waals surface area contributed by atoms with Crippen LogP contribution in [0.1, 0.15) is 155 Å². The van der Waals surface area contributed by atoms with Gasteiger partial charge >= 0.3 is 19.8 Å². The average molecular weight is 781 g/mol. The summed E-state index contributed by atoms with van der Waals surface area (Å²) in [6.45, 7) is 4.22. The zero-order valence-corrected chi connectivity index (χ0v) is 35.8. The number of hydrogen-bond acceptors (Lipinski definition) is 7. The van der Waals surface area contributed by atoms with E-state index in [-0.39, 0.29) is 26.1 Å². The molecule has 0 fully saturated rings. The zero-order chi connectivity index (χ0) is 40.0. The van der Waals surface area contributed by atoms with E-state index >= 15 is 0 Å². The van der Waals surface area contributed by atoms with Crippen molar-refractivity contribution in [3.8, 4) is 0 Å². The molecular weight excluding hydrogens is 701 g/mol. The summed E-state index contributed by atoms with van der Waals surface area (Å²) in [6, 6.07) is 0. The highest BCUT2D eigenvalue weighted by Crippen LogP contribution is 2.43. The number of likely N-dealkylation sites (N-methyl/N-ethyl adjacent to an activating group) is 1. The van der Waals surface area contributed by atoms with Gasteiger partial charge in [0.25, 0.3) is 0 Å². The van der Waals surface area contributed by atoms with Gasteiger partial charge in [-0.2, -0.15) is 0 Å². The molecule has 9 nitrogen and oxygen atoms in total. The van der Waals surface area contributed by atoms with E-state index in [9.17, 15) is 19.0 Å². The van der Waals surface area contributed by atoms with Gasteiger partial charge in [0.2, 0.25) is 0 Å². The lowest BCUT2D eigenvalue weighted by Crippen LogP contribution is -2.37. The minimum absolute atomic E-state index is 0.0217. The Morgan fingerprint density at radius 1 is 0.593 bits per heavy atom. The molecule has 0 aromatic heterocycles. The molecule has 0 bridgehead atoms. The van der Waals surface area contributed by atoms with Crippen molar-refractivity contribution in [2.75, 3.05) is 47.5 Å². The van der Waals surface area contributed by atoms with E-state index in [0.717, 1.165) is 64.2 Å². The van der Waals surface area contributed by atoms with E-state index < -0.39 is 32.5 Å². The number of rotatable bonds is 37. The van der Waals surface area contributed by atoms with Crippen molar-refractivity contribution in [1.82, 2.24) is 0 Å². The van der Waals surface area contributed by atoms with Crippen molar-refractivity contribution < 1.29 is 42.1 Å². The van der Waals surface area contributed by atoms with E-state index in [1.165, 1.54) is 51.4 Å². The number of ether oxygens (including phenoxy) is 2. The highest BCUT2D eigenvalue weighted by molar-refractivity contribution is 7.47. The van der Waals surface area contributed by atoms with Gasteiger partial charge in [0.05, 0.1) is 27.7 Å². The third-order valence-corrected chi connectivity index (χ3v) is 9.61. The number of unbranched alkanes of at least 4 members (excludes halogenated alkanes) is 16. The molecule has 0 aliphatic rings. The van der Waals surface area contributed by atoms with Gasteiger partial charge in [-0.1, -0.05) is 145 Å². The lowest BCUT2D eigenvalue weighted by atomic mass is 10.1. The third-order valence-electron chi connectivity index (χ3n) is 8.63. The molecule has 0 saturated carbocycles. The Kier molecular flexibility index (Phi) is 34.8. The van der Waals surface area contributed by atoms with Gasteiger partial charge < -0.3 is 18.9 Å². The van der Waals surface area contributed by atoms with Crippen molar-refractivity contribution in [2.45, 2.75) is 161 Å². The fourth-order valence-electron chi connectivity index (χ4n) is 5.31. The summed E-state index contributed by atoms with van der Waals surface area (Å²) < 4.78 is 34.2. The number of phosphoric ester groups is 1. The molecule has 1 unspecified atom stereocenters. The number of allylic oxidation sites excluding steroid dienone is 10. The first-order valence-corrected chi connectivity index (χ1v) is 22.6. The van der Waals surface area contributed by atoms with Gasteiger partial charge in [0, 0.05) is 12.8 Å². The molecule has 0 aliphatic heterocycles. The number of nitrogens with zero attached hydrogens (tertiary/aromatic N) is 1. The van der Waals surface area contributed by atoms with Crippen LogP contribution in [0, 0.1) is 0 Å². The fraction of sp³-hybridized carbons (Fsp3) is 0.727. The molecule has 0 saturated heterocycles. The van der Waals surface area contributed by atoms with Gasteiger partial charge in [-0.25, -0.2) is 4.57 Å². The molecule has 312 valence electrons. The number of carbonyl (C=O) groups is 2. The minimum atomic E-state index is -4.38. The Morgan fingerprint density at radius 3 is 1.65 bits per heavy atom. The molecule has 0 heterocycles. The van der Waals surface area contributed by atoms with Crippen LogP contribution in [-0.4, -0.2) is 74.9 Å². The lowest BCUT2D eigenvalue weighted by molar-refractivity contribution is -0.870. The van der Waals surface area contributed by atoms with E-state index in [1.807, 2.05) is 51.5 Å². The van der Waals surface area contributed by atoms with Crippen LogP contribution in [0.4, 0.5) is 0 Å². The normalized spacial score (nSPS) is 14.3.